The number of hydrogen-bond donors (Lipinski definition) is 1. The molecule has 156 valence electrons. The molecular weight excluding hydrogens is 376 g/mol. The summed E-state index contributed by atoms with van der Waals surface area (Å²) in [6.45, 7) is 7.22. The van der Waals surface area contributed by atoms with Crippen LogP contribution >= 0.6 is 0 Å². The van der Waals surface area contributed by atoms with Gasteiger partial charge < -0.3 is 14.2 Å². The Hall–Kier alpha value is -3.04. The smallest absolute Gasteiger partial charge is 0.266 e. The molecule has 3 heterocycles. The first-order valence-corrected chi connectivity index (χ1v) is 10.7. The zero-order valence-electron chi connectivity index (χ0n) is 17.6. The van der Waals surface area contributed by atoms with Crippen molar-refractivity contribution in [3.05, 3.63) is 59.5 Å². The van der Waals surface area contributed by atoms with Gasteiger partial charge in [-0.25, -0.2) is 0 Å². The van der Waals surface area contributed by atoms with Gasteiger partial charge in [-0.05, 0) is 55.1 Å². The lowest BCUT2D eigenvalue weighted by Crippen LogP contribution is -2.37. The second kappa shape index (κ2) is 9.19. The third-order valence-corrected chi connectivity index (χ3v) is 5.74. The van der Waals surface area contributed by atoms with Crippen LogP contribution < -0.4 is 5.32 Å². The van der Waals surface area contributed by atoms with Crippen molar-refractivity contribution in [2.45, 2.75) is 45.1 Å². The standard InChI is InChI=1S/C24H28N4O2/c1-17(2)18-8-10-19(11-9-18)21(28-12-4-3-5-13-28)16-26-23-20(15-25)27-24(30-23)22-7-6-14-29-22/h6-11,14,17,21,26H,3-5,12-13,16H2,1-2H3. The lowest BCUT2D eigenvalue weighted by Gasteiger charge is -2.35. The fourth-order valence-corrected chi connectivity index (χ4v) is 4.00. The average molecular weight is 405 g/mol. The average Bonchev–Trinajstić information content (AvgIpc) is 3.45. The second-order valence-electron chi connectivity index (χ2n) is 8.10. The van der Waals surface area contributed by atoms with E-state index in [0.29, 0.717) is 30.0 Å². The molecule has 1 N–H and O–H groups in total. The Kier molecular flexibility index (Phi) is 6.20. The summed E-state index contributed by atoms with van der Waals surface area (Å²) in [5.41, 5.74) is 2.86. The van der Waals surface area contributed by atoms with Gasteiger partial charge in [-0.2, -0.15) is 10.2 Å². The molecule has 1 fully saturated rings. The van der Waals surface area contributed by atoms with Crippen LogP contribution in [0.2, 0.25) is 0 Å². The maximum atomic E-state index is 9.49. The van der Waals surface area contributed by atoms with E-state index < -0.39 is 0 Å². The zero-order valence-corrected chi connectivity index (χ0v) is 17.6. The quantitative estimate of drug-likeness (QED) is 0.555. The summed E-state index contributed by atoms with van der Waals surface area (Å²) < 4.78 is 11.2. The molecule has 1 saturated heterocycles. The van der Waals surface area contributed by atoms with Gasteiger partial charge in [0.25, 0.3) is 5.89 Å². The molecule has 2 aromatic heterocycles. The number of anilines is 1. The van der Waals surface area contributed by atoms with Crippen LogP contribution in [0, 0.1) is 11.3 Å². The summed E-state index contributed by atoms with van der Waals surface area (Å²) in [5, 5.41) is 12.8. The van der Waals surface area contributed by atoms with E-state index in [4.69, 9.17) is 8.83 Å². The van der Waals surface area contributed by atoms with Crippen LogP contribution in [-0.4, -0.2) is 29.5 Å². The van der Waals surface area contributed by atoms with Gasteiger partial charge in [0.15, 0.2) is 5.76 Å². The van der Waals surface area contributed by atoms with Crippen molar-refractivity contribution in [3.8, 4) is 17.7 Å². The van der Waals surface area contributed by atoms with E-state index in [1.165, 1.54) is 30.4 Å². The molecule has 0 bridgehead atoms. The van der Waals surface area contributed by atoms with Crippen LogP contribution in [0.1, 0.15) is 61.9 Å². The van der Waals surface area contributed by atoms with Crippen molar-refractivity contribution >= 4 is 5.88 Å². The number of furan rings is 1. The predicted octanol–water partition coefficient (Wildman–Crippen LogP) is 5.57. The number of nitrogens with one attached hydrogen (secondary N) is 1. The number of nitriles is 1. The molecule has 1 aromatic carbocycles. The van der Waals surface area contributed by atoms with Crippen LogP contribution in [0.4, 0.5) is 5.88 Å². The Morgan fingerprint density at radius 1 is 1.10 bits per heavy atom. The molecule has 0 saturated carbocycles. The molecule has 6 nitrogen and oxygen atoms in total. The van der Waals surface area contributed by atoms with Crippen LogP contribution in [0.3, 0.4) is 0 Å². The van der Waals surface area contributed by atoms with E-state index in [0.717, 1.165) is 13.1 Å². The first-order valence-electron chi connectivity index (χ1n) is 10.7. The fraction of sp³-hybridized carbons (Fsp3) is 0.417. The predicted molar refractivity (Wildman–Crippen MR) is 116 cm³/mol. The normalized spacial score (nSPS) is 15.8. The van der Waals surface area contributed by atoms with Gasteiger partial charge in [0.1, 0.15) is 6.07 Å². The van der Waals surface area contributed by atoms with Gasteiger partial charge in [-0.1, -0.05) is 44.5 Å². The lowest BCUT2D eigenvalue weighted by atomic mass is 9.97. The molecule has 6 heteroatoms. The number of benzene rings is 1. The largest absolute Gasteiger partial charge is 0.459 e. The Labute approximate surface area is 177 Å². The van der Waals surface area contributed by atoms with Crippen molar-refractivity contribution < 1.29 is 8.83 Å². The third kappa shape index (κ3) is 4.42. The Morgan fingerprint density at radius 2 is 1.83 bits per heavy atom. The van der Waals surface area contributed by atoms with Gasteiger partial charge in [-0.3, -0.25) is 4.90 Å². The van der Waals surface area contributed by atoms with Gasteiger partial charge in [0, 0.05) is 6.54 Å². The van der Waals surface area contributed by atoms with Gasteiger partial charge in [0.2, 0.25) is 11.6 Å². The SMILES string of the molecule is CC(C)c1ccc(C(CNc2oc(-c3ccco3)nc2C#N)N2CCCCC2)cc1. The highest BCUT2D eigenvalue weighted by molar-refractivity contribution is 5.54. The van der Waals surface area contributed by atoms with Crippen molar-refractivity contribution in [2.24, 2.45) is 0 Å². The highest BCUT2D eigenvalue weighted by atomic mass is 16.4. The first kappa shape index (κ1) is 20.2. The summed E-state index contributed by atoms with van der Waals surface area (Å²) in [5.74, 6) is 1.73. The molecule has 0 amide bonds. The summed E-state index contributed by atoms with van der Waals surface area (Å²) in [6.07, 6.45) is 5.28. The van der Waals surface area contributed by atoms with Gasteiger partial charge in [0.05, 0.1) is 12.3 Å². The number of nitrogens with zero attached hydrogens (tertiary/aromatic N) is 3. The highest BCUT2D eigenvalue weighted by Crippen LogP contribution is 2.29. The van der Waals surface area contributed by atoms with E-state index in [1.807, 2.05) is 0 Å². The minimum absolute atomic E-state index is 0.204. The zero-order chi connectivity index (χ0) is 20.9. The Balaban J connectivity index is 1.55. The maximum Gasteiger partial charge on any atom is 0.266 e. The Morgan fingerprint density at radius 3 is 2.47 bits per heavy atom. The molecule has 3 aromatic rings. The van der Waals surface area contributed by atoms with E-state index in [-0.39, 0.29) is 11.7 Å². The molecule has 1 atom stereocenters. The molecule has 1 aliphatic heterocycles. The molecule has 4 rings (SSSR count). The highest BCUT2D eigenvalue weighted by Gasteiger charge is 2.24. The Bertz CT molecular complexity index is 977. The fourth-order valence-electron chi connectivity index (χ4n) is 4.00. The van der Waals surface area contributed by atoms with Crippen LogP contribution in [0.25, 0.3) is 11.7 Å². The van der Waals surface area contributed by atoms with Crippen molar-refractivity contribution in [3.63, 3.8) is 0 Å². The van der Waals surface area contributed by atoms with Crippen molar-refractivity contribution in [1.29, 1.82) is 5.26 Å². The number of aromatic nitrogens is 1. The van der Waals surface area contributed by atoms with E-state index in [9.17, 15) is 5.26 Å². The summed E-state index contributed by atoms with van der Waals surface area (Å²) in [6, 6.07) is 14.8. The molecule has 0 spiro atoms. The monoisotopic (exact) mass is 404 g/mol. The summed E-state index contributed by atoms with van der Waals surface area (Å²) >= 11 is 0. The van der Waals surface area contributed by atoms with Crippen molar-refractivity contribution in [1.82, 2.24) is 9.88 Å². The number of rotatable bonds is 7. The maximum absolute atomic E-state index is 9.49. The minimum atomic E-state index is 0.204. The van der Waals surface area contributed by atoms with Crippen LogP contribution in [-0.2, 0) is 0 Å². The van der Waals surface area contributed by atoms with Crippen LogP contribution in [0.5, 0.6) is 0 Å². The number of hydrogen-bond acceptors (Lipinski definition) is 6. The van der Waals surface area contributed by atoms with E-state index in [1.54, 1.807) is 18.4 Å². The topological polar surface area (TPSA) is 78.2 Å². The molecular formula is C24H28N4O2. The number of likely N-dealkylation sites (tertiary alicyclic amines) is 1. The second-order valence-corrected chi connectivity index (χ2v) is 8.10. The third-order valence-electron chi connectivity index (χ3n) is 5.74. The molecule has 1 unspecified atom stereocenters. The molecule has 1 aliphatic rings. The number of oxazole rings is 1. The van der Waals surface area contributed by atoms with E-state index >= 15 is 0 Å². The molecule has 30 heavy (non-hydrogen) atoms. The van der Waals surface area contributed by atoms with Crippen LogP contribution in [0.15, 0.2) is 51.5 Å². The van der Waals surface area contributed by atoms with Gasteiger partial charge >= 0.3 is 0 Å². The first-order chi connectivity index (χ1) is 14.7. The molecule has 0 aliphatic carbocycles. The van der Waals surface area contributed by atoms with Gasteiger partial charge in [-0.15, -0.1) is 0 Å². The lowest BCUT2D eigenvalue weighted by molar-refractivity contribution is 0.170. The molecule has 0 radical (unpaired) electrons. The summed E-state index contributed by atoms with van der Waals surface area (Å²) in [4.78, 5) is 6.79. The van der Waals surface area contributed by atoms with Crippen molar-refractivity contribution in [2.75, 3.05) is 25.0 Å². The minimum Gasteiger partial charge on any atom is -0.459 e. The number of piperidine rings is 1. The summed E-state index contributed by atoms with van der Waals surface area (Å²) in [7, 11) is 0. The van der Waals surface area contributed by atoms with E-state index in [2.05, 4.69) is 59.4 Å².